The third-order valence-corrected chi connectivity index (χ3v) is 4.70. The molecule has 0 aliphatic rings. The van der Waals surface area contributed by atoms with E-state index in [9.17, 15) is 18.0 Å². The van der Waals surface area contributed by atoms with Crippen LogP contribution < -0.4 is 10.6 Å². The number of anilines is 1. The molecule has 0 bridgehead atoms. The first kappa shape index (κ1) is 21.4. The van der Waals surface area contributed by atoms with E-state index in [2.05, 4.69) is 15.6 Å². The molecule has 0 spiro atoms. The Balaban J connectivity index is 2.05. The van der Waals surface area contributed by atoms with E-state index in [1.807, 2.05) is 48.7 Å². The van der Waals surface area contributed by atoms with Crippen LogP contribution in [-0.4, -0.2) is 35.1 Å². The van der Waals surface area contributed by atoms with Crippen molar-refractivity contribution >= 4 is 23.3 Å². The van der Waals surface area contributed by atoms with Crippen molar-refractivity contribution in [3.05, 3.63) is 59.4 Å². The second kappa shape index (κ2) is 8.61. The number of fused-ring (bicyclic) bond motifs is 1. The quantitative estimate of drug-likeness (QED) is 0.590. The average molecular weight is 416 g/mol. The standard InChI is InChI=1S/C22H23F3N4O/c1-4-5-15-11-18(27-9-8-22(23,24)25)20-28-12-19(29(20)13-15)16-6-7-17(14(2)10-16)21(30)26-3/h4-7,10-13,27H,8-9H2,1-3H3,(H,26,30)/b5-4+. The van der Waals surface area contributed by atoms with Crippen LogP contribution in [0.15, 0.2) is 42.7 Å². The van der Waals surface area contributed by atoms with Gasteiger partial charge in [0.05, 0.1) is 24.0 Å². The van der Waals surface area contributed by atoms with Crippen LogP contribution in [0.5, 0.6) is 0 Å². The number of hydrogen-bond donors (Lipinski definition) is 2. The predicted molar refractivity (Wildman–Crippen MR) is 113 cm³/mol. The van der Waals surface area contributed by atoms with Crippen LogP contribution in [0, 0.1) is 6.92 Å². The van der Waals surface area contributed by atoms with Gasteiger partial charge >= 0.3 is 6.18 Å². The number of pyridine rings is 1. The maximum atomic E-state index is 12.6. The second-order valence-electron chi connectivity index (χ2n) is 6.92. The lowest BCUT2D eigenvalue weighted by atomic mass is 10.0. The van der Waals surface area contributed by atoms with E-state index in [-0.39, 0.29) is 12.5 Å². The molecule has 1 aromatic carbocycles. The van der Waals surface area contributed by atoms with Crippen molar-refractivity contribution in [3.8, 4) is 11.3 Å². The number of carbonyl (C=O) groups is 1. The van der Waals surface area contributed by atoms with Crippen LogP contribution in [0.3, 0.4) is 0 Å². The Labute approximate surface area is 172 Å². The van der Waals surface area contributed by atoms with Crippen molar-refractivity contribution in [2.45, 2.75) is 26.4 Å². The molecule has 0 unspecified atom stereocenters. The molecule has 0 aliphatic heterocycles. The normalized spacial score (nSPS) is 11.9. The SMILES string of the molecule is C/C=C/c1cc(NCCC(F)(F)F)c2ncc(-c3ccc(C(=O)NC)c(C)c3)n2c1. The summed E-state index contributed by atoms with van der Waals surface area (Å²) < 4.78 is 39.5. The van der Waals surface area contributed by atoms with E-state index < -0.39 is 12.6 Å². The minimum Gasteiger partial charge on any atom is -0.382 e. The van der Waals surface area contributed by atoms with E-state index >= 15 is 0 Å². The Bertz CT molecular complexity index is 1100. The van der Waals surface area contributed by atoms with Gasteiger partial charge in [0, 0.05) is 30.9 Å². The Morgan fingerprint density at radius 3 is 2.67 bits per heavy atom. The molecule has 0 saturated carbocycles. The minimum atomic E-state index is -4.23. The Morgan fingerprint density at radius 1 is 1.27 bits per heavy atom. The van der Waals surface area contributed by atoms with Crippen LogP contribution in [0.2, 0.25) is 0 Å². The summed E-state index contributed by atoms with van der Waals surface area (Å²) >= 11 is 0. The number of halogens is 3. The second-order valence-corrected chi connectivity index (χ2v) is 6.92. The molecule has 8 heteroatoms. The molecule has 0 radical (unpaired) electrons. The number of imidazole rings is 1. The fraction of sp³-hybridized carbons (Fsp3) is 0.273. The van der Waals surface area contributed by atoms with Gasteiger partial charge in [-0.25, -0.2) is 4.98 Å². The van der Waals surface area contributed by atoms with E-state index in [4.69, 9.17) is 0 Å². The highest BCUT2D eigenvalue weighted by Crippen LogP contribution is 2.28. The molecular formula is C22H23F3N4O. The van der Waals surface area contributed by atoms with E-state index in [1.165, 1.54) is 0 Å². The van der Waals surface area contributed by atoms with Crippen molar-refractivity contribution in [1.82, 2.24) is 14.7 Å². The molecule has 5 nitrogen and oxygen atoms in total. The molecule has 3 aromatic rings. The minimum absolute atomic E-state index is 0.163. The molecule has 1 amide bonds. The summed E-state index contributed by atoms with van der Waals surface area (Å²) in [5, 5.41) is 5.47. The topological polar surface area (TPSA) is 58.4 Å². The number of nitrogens with one attached hydrogen (secondary N) is 2. The predicted octanol–water partition coefficient (Wildman–Crippen LogP) is 5.07. The summed E-state index contributed by atoms with van der Waals surface area (Å²) in [4.78, 5) is 16.4. The fourth-order valence-corrected chi connectivity index (χ4v) is 3.29. The number of benzene rings is 1. The zero-order valence-corrected chi connectivity index (χ0v) is 17.0. The third kappa shape index (κ3) is 4.64. The van der Waals surface area contributed by atoms with Crippen LogP contribution in [-0.2, 0) is 0 Å². The summed E-state index contributed by atoms with van der Waals surface area (Å²) in [7, 11) is 1.58. The Morgan fingerprint density at radius 2 is 2.03 bits per heavy atom. The molecule has 2 heterocycles. The van der Waals surface area contributed by atoms with Gasteiger partial charge in [0.1, 0.15) is 0 Å². The highest BCUT2D eigenvalue weighted by molar-refractivity contribution is 5.96. The molecule has 158 valence electrons. The third-order valence-electron chi connectivity index (χ3n) is 4.70. The van der Waals surface area contributed by atoms with E-state index in [0.717, 1.165) is 22.4 Å². The van der Waals surface area contributed by atoms with Gasteiger partial charge in [0.15, 0.2) is 5.65 Å². The number of amides is 1. The van der Waals surface area contributed by atoms with Crippen molar-refractivity contribution < 1.29 is 18.0 Å². The van der Waals surface area contributed by atoms with Gasteiger partial charge in [-0.3, -0.25) is 9.20 Å². The molecule has 0 fully saturated rings. The summed E-state index contributed by atoms with van der Waals surface area (Å²) in [6, 6.07) is 7.26. The van der Waals surface area contributed by atoms with Gasteiger partial charge in [0.2, 0.25) is 0 Å². The highest BCUT2D eigenvalue weighted by Gasteiger charge is 2.26. The lowest BCUT2D eigenvalue weighted by Gasteiger charge is -2.12. The van der Waals surface area contributed by atoms with Crippen molar-refractivity contribution in [2.24, 2.45) is 0 Å². The summed E-state index contributed by atoms with van der Waals surface area (Å²) in [5.74, 6) is -0.163. The van der Waals surface area contributed by atoms with Gasteiger partial charge < -0.3 is 10.6 Å². The van der Waals surface area contributed by atoms with Gasteiger partial charge in [-0.1, -0.05) is 18.2 Å². The molecule has 3 rings (SSSR count). The average Bonchev–Trinajstić information content (AvgIpc) is 3.10. The highest BCUT2D eigenvalue weighted by atomic mass is 19.4. The first-order valence-corrected chi connectivity index (χ1v) is 9.51. The number of alkyl halides is 3. The van der Waals surface area contributed by atoms with Gasteiger partial charge in [-0.2, -0.15) is 13.2 Å². The van der Waals surface area contributed by atoms with Crippen molar-refractivity contribution in [2.75, 3.05) is 18.9 Å². The fourth-order valence-electron chi connectivity index (χ4n) is 3.29. The summed E-state index contributed by atoms with van der Waals surface area (Å²) in [6.45, 7) is 3.49. The number of aryl methyl sites for hydroxylation is 1. The summed E-state index contributed by atoms with van der Waals surface area (Å²) in [5.41, 5.74) is 4.92. The van der Waals surface area contributed by atoms with E-state index in [0.29, 0.717) is 16.9 Å². The van der Waals surface area contributed by atoms with Crippen LogP contribution >= 0.6 is 0 Å². The molecule has 0 aliphatic carbocycles. The van der Waals surface area contributed by atoms with Crippen LogP contribution in [0.4, 0.5) is 18.9 Å². The molecule has 30 heavy (non-hydrogen) atoms. The zero-order chi connectivity index (χ0) is 21.9. The largest absolute Gasteiger partial charge is 0.390 e. The summed E-state index contributed by atoms with van der Waals surface area (Å²) in [6.07, 6.45) is 2.14. The van der Waals surface area contributed by atoms with Crippen LogP contribution in [0.1, 0.15) is 34.8 Å². The molecule has 0 atom stereocenters. The first-order valence-electron chi connectivity index (χ1n) is 9.51. The Hall–Kier alpha value is -3.29. The smallest absolute Gasteiger partial charge is 0.382 e. The lowest BCUT2D eigenvalue weighted by Crippen LogP contribution is -2.18. The van der Waals surface area contributed by atoms with Gasteiger partial charge in [-0.15, -0.1) is 0 Å². The number of allylic oxidation sites excluding steroid dienone is 1. The Kier molecular flexibility index (Phi) is 6.14. The van der Waals surface area contributed by atoms with Crippen LogP contribution in [0.25, 0.3) is 23.0 Å². The zero-order valence-electron chi connectivity index (χ0n) is 17.0. The van der Waals surface area contributed by atoms with E-state index in [1.54, 1.807) is 25.4 Å². The number of carbonyl (C=O) groups excluding carboxylic acids is 1. The van der Waals surface area contributed by atoms with Gasteiger partial charge in [-0.05, 0) is 43.2 Å². The maximum absolute atomic E-state index is 12.6. The number of nitrogens with zero attached hydrogens (tertiary/aromatic N) is 2. The maximum Gasteiger partial charge on any atom is 0.390 e. The monoisotopic (exact) mass is 416 g/mol. The van der Waals surface area contributed by atoms with Gasteiger partial charge in [0.25, 0.3) is 5.91 Å². The number of aromatic nitrogens is 2. The lowest BCUT2D eigenvalue weighted by molar-refractivity contribution is -0.131. The number of hydrogen-bond acceptors (Lipinski definition) is 3. The van der Waals surface area contributed by atoms with Crippen molar-refractivity contribution in [3.63, 3.8) is 0 Å². The van der Waals surface area contributed by atoms with Crippen molar-refractivity contribution in [1.29, 1.82) is 0 Å². The first-order chi connectivity index (χ1) is 14.2. The molecule has 2 aromatic heterocycles. The number of rotatable bonds is 6. The molecular weight excluding hydrogens is 393 g/mol. The molecule has 2 N–H and O–H groups in total. The molecule has 0 saturated heterocycles.